The second kappa shape index (κ2) is 6.28. The molecule has 21 heavy (non-hydrogen) atoms. The maximum atomic E-state index is 10.6. The third-order valence-electron chi connectivity index (χ3n) is 3.33. The van der Waals surface area contributed by atoms with Crippen molar-refractivity contribution in [3.05, 3.63) is 54.6 Å². The number of benzene rings is 1. The molecule has 5 nitrogen and oxygen atoms in total. The number of halogens is 1. The predicted octanol–water partition coefficient (Wildman–Crippen LogP) is 3.08. The van der Waals surface area contributed by atoms with Crippen molar-refractivity contribution in [3.8, 4) is 5.75 Å². The van der Waals surface area contributed by atoms with E-state index in [1.807, 2.05) is 13.8 Å². The Labute approximate surface area is 128 Å². The third-order valence-corrected chi connectivity index (χ3v) is 3.58. The molecule has 0 spiro atoms. The minimum absolute atomic E-state index is 0.553. The minimum atomic E-state index is -0.854. The Morgan fingerprint density at radius 3 is 2.57 bits per heavy atom. The average Bonchev–Trinajstić information content (AvgIpc) is 3.00. The van der Waals surface area contributed by atoms with E-state index >= 15 is 0 Å². The Morgan fingerprint density at radius 2 is 2.05 bits per heavy atom. The quantitative estimate of drug-likeness (QED) is 0.833. The van der Waals surface area contributed by atoms with Gasteiger partial charge in [-0.3, -0.25) is 0 Å². The van der Waals surface area contributed by atoms with Crippen LogP contribution in [0.5, 0.6) is 5.75 Å². The lowest BCUT2D eigenvalue weighted by molar-refractivity contribution is -0.0635. The molecule has 6 heteroatoms. The van der Waals surface area contributed by atoms with Gasteiger partial charge >= 0.3 is 0 Å². The molecule has 0 aliphatic carbocycles. The Kier molecular flexibility index (Phi) is 4.65. The van der Waals surface area contributed by atoms with E-state index in [1.165, 1.54) is 17.3 Å². The molecule has 112 valence electrons. The zero-order valence-corrected chi connectivity index (χ0v) is 12.7. The van der Waals surface area contributed by atoms with E-state index in [9.17, 15) is 5.11 Å². The molecule has 2 aromatic rings. The molecule has 0 bridgehead atoms. The van der Waals surface area contributed by atoms with Crippen LogP contribution >= 0.6 is 11.6 Å². The Morgan fingerprint density at radius 1 is 1.38 bits per heavy atom. The molecule has 1 heterocycles. The second-order valence-corrected chi connectivity index (χ2v) is 5.74. The lowest BCUT2D eigenvalue weighted by Gasteiger charge is -2.33. The maximum Gasteiger partial charge on any atom is 0.219 e. The highest BCUT2D eigenvalue weighted by Gasteiger charge is 2.35. The van der Waals surface area contributed by atoms with Crippen LogP contribution in [0.2, 0.25) is 5.02 Å². The lowest BCUT2D eigenvalue weighted by Crippen LogP contribution is -2.39. The van der Waals surface area contributed by atoms with Crippen molar-refractivity contribution in [1.29, 1.82) is 0 Å². The second-order valence-electron chi connectivity index (χ2n) is 5.31. The van der Waals surface area contributed by atoms with Crippen LogP contribution in [0.25, 0.3) is 0 Å². The van der Waals surface area contributed by atoms with Crippen LogP contribution in [0.3, 0.4) is 0 Å². The molecule has 1 aromatic heterocycles. The topological polar surface area (TPSA) is 60.2 Å². The normalized spacial score (nSPS) is 14.5. The summed E-state index contributed by atoms with van der Waals surface area (Å²) in [5.41, 5.74) is -0.553. The fraction of sp³-hybridized carbons (Fsp3) is 0.333. The molecule has 0 aliphatic rings. The van der Waals surface area contributed by atoms with Crippen LogP contribution in [-0.2, 0) is 0 Å². The van der Waals surface area contributed by atoms with Gasteiger partial charge in [-0.2, -0.15) is 5.10 Å². The summed E-state index contributed by atoms with van der Waals surface area (Å²) < 4.78 is 7.34. The summed E-state index contributed by atoms with van der Waals surface area (Å²) in [6.45, 7) is 7.51. The summed E-state index contributed by atoms with van der Waals surface area (Å²) in [6.07, 6.45) is 3.01. The first-order chi connectivity index (χ1) is 9.94. The van der Waals surface area contributed by atoms with Crippen LogP contribution in [0, 0.1) is 5.41 Å². The van der Waals surface area contributed by atoms with Crippen LogP contribution in [-0.4, -0.2) is 26.0 Å². The molecule has 2 unspecified atom stereocenters. The average molecular weight is 308 g/mol. The summed E-state index contributed by atoms with van der Waals surface area (Å²) in [7, 11) is 0. The number of aromatic nitrogens is 3. The fourth-order valence-corrected chi connectivity index (χ4v) is 1.88. The van der Waals surface area contributed by atoms with Gasteiger partial charge in [0.05, 0.1) is 0 Å². The molecule has 0 aliphatic heterocycles. The van der Waals surface area contributed by atoms with Gasteiger partial charge in [0.15, 0.2) is 0 Å². The highest BCUT2D eigenvalue weighted by molar-refractivity contribution is 6.30. The highest BCUT2D eigenvalue weighted by atomic mass is 35.5. The predicted molar refractivity (Wildman–Crippen MR) is 81.1 cm³/mol. The summed E-state index contributed by atoms with van der Waals surface area (Å²) in [5.74, 6) is 0.582. The Bertz CT molecular complexity index is 581. The molecular weight excluding hydrogens is 290 g/mol. The molecular formula is C15H18ClN3O2. The number of hydrogen-bond donors (Lipinski definition) is 1. The zero-order valence-electron chi connectivity index (χ0n) is 12.0. The van der Waals surface area contributed by atoms with Gasteiger partial charge < -0.3 is 9.84 Å². The van der Waals surface area contributed by atoms with E-state index < -0.39 is 17.7 Å². The van der Waals surface area contributed by atoms with E-state index in [0.717, 1.165) is 0 Å². The summed E-state index contributed by atoms with van der Waals surface area (Å²) >= 11 is 5.86. The molecule has 1 N–H and O–H groups in total. The first kappa shape index (κ1) is 15.5. The minimum Gasteiger partial charge on any atom is -0.466 e. The maximum absolute atomic E-state index is 10.6. The van der Waals surface area contributed by atoms with Crippen molar-refractivity contribution in [2.24, 2.45) is 5.41 Å². The number of aliphatic hydroxyl groups excluding tert-OH is 1. The Hall–Kier alpha value is -1.85. The monoisotopic (exact) mass is 307 g/mol. The highest BCUT2D eigenvalue weighted by Crippen LogP contribution is 2.31. The number of ether oxygens (including phenoxy) is 1. The van der Waals surface area contributed by atoms with Crippen LogP contribution in [0.15, 0.2) is 49.6 Å². The van der Waals surface area contributed by atoms with Gasteiger partial charge in [0.25, 0.3) is 0 Å². The molecule has 0 radical (unpaired) electrons. The number of rotatable bonds is 6. The largest absolute Gasteiger partial charge is 0.466 e. The van der Waals surface area contributed by atoms with Crippen molar-refractivity contribution >= 4 is 11.6 Å². The van der Waals surface area contributed by atoms with Gasteiger partial charge in [-0.05, 0) is 24.3 Å². The van der Waals surface area contributed by atoms with Crippen LogP contribution < -0.4 is 4.74 Å². The zero-order chi connectivity index (χ0) is 15.5. The molecule has 1 aromatic carbocycles. The third kappa shape index (κ3) is 3.62. The van der Waals surface area contributed by atoms with Crippen LogP contribution in [0.4, 0.5) is 0 Å². The van der Waals surface area contributed by atoms with Crippen molar-refractivity contribution < 1.29 is 9.84 Å². The molecule has 0 saturated carbocycles. The molecule has 2 atom stereocenters. The van der Waals surface area contributed by atoms with Gasteiger partial charge in [0, 0.05) is 10.4 Å². The number of nitrogens with zero attached hydrogens (tertiary/aromatic N) is 3. The Balaban J connectivity index is 2.29. The molecule has 2 rings (SSSR count). The summed E-state index contributed by atoms with van der Waals surface area (Å²) in [6, 6.07) is 6.92. The van der Waals surface area contributed by atoms with Crippen molar-refractivity contribution in [2.75, 3.05) is 0 Å². The first-order valence-corrected chi connectivity index (χ1v) is 6.90. The lowest BCUT2D eigenvalue weighted by atomic mass is 9.85. The van der Waals surface area contributed by atoms with Gasteiger partial charge in [-0.15, -0.1) is 6.58 Å². The van der Waals surface area contributed by atoms with Crippen LogP contribution in [0.1, 0.15) is 20.1 Å². The summed E-state index contributed by atoms with van der Waals surface area (Å²) in [5, 5.41) is 15.3. The van der Waals surface area contributed by atoms with Gasteiger partial charge in [0.1, 0.15) is 24.5 Å². The molecule has 0 amide bonds. The fourth-order valence-electron chi connectivity index (χ4n) is 1.75. The molecule has 0 saturated heterocycles. The summed E-state index contributed by atoms with van der Waals surface area (Å²) in [4.78, 5) is 3.90. The molecule has 0 fully saturated rings. The number of aliphatic hydroxyl groups is 1. The van der Waals surface area contributed by atoms with Crippen molar-refractivity contribution in [3.63, 3.8) is 0 Å². The first-order valence-electron chi connectivity index (χ1n) is 6.52. The van der Waals surface area contributed by atoms with Gasteiger partial charge in [-0.1, -0.05) is 31.5 Å². The van der Waals surface area contributed by atoms with Gasteiger partial charge in [0.2, 0.25) is 6.23 Å². The van der Waals surface area contributed by atoms with E-state index in [2.05, 4.69) is 16.7 Å². The number of hydrogen-bond acceptors (Lipinski definition) is 4. The van der Waals surface area contributed by atoms with E-state index in [1.54, 1.807) is 30.3 Å². The van der Waals surface area contributed by atoms with Crippen molar-refractivity contribution in [1.82, 2.24) is 14.8 Å². The van der Waals surface area contributed by atoms with Crippen molar-refractivity contribution in [2.45, 2.75) is 26.2 Å². The smallest absolute Gasteiger partial charge is 0.219 e. The van der Waals surface area contributed by atoms with E-state index in [4.69, 9.17) is 16.3 Å². The van der Waals surface area contributed by atoms with E-state index in [-0.39, 0.29) is 0 Å². The van der Waals surface area contributed by atoms with E-state index in [0.29, 0.717) is 10.8 Å². The SMILES string of the molecule is C=CC(C)(C)C(O)C(Oc1ccc(Cl)cc1)n1cncn1. The standard InChI is InChI=1S/C15H18ClN3O2/c1-4-15(2,3)13(20)14(19-10-17-9-18-19)21-12-7-5-11(16)6-8-12/h4-10,13-14,20H,1H2,2-3H3. The van der Waals surface area contributed by atoms with Gasteiger partial charge in [-0.25, -0.2) is 9.67 Å².